The summed E-state index contributed by atoms with van der Waals surface area (Å²) >= 11 is 0. The molecule has 2 rings (SSSR count). The van der Waals surface area contributed by atoms with E-state index in [2.05, 4.69) is 10.2 Å². The van der Waals surface area contributed by atoms with Crippen LogP contribution in [-0.2, 0) is 22.7 Å². The molecule has 1 aliphatic rings. The smallest absolute Gasteiger partial charge is 0.290 e. The minimum absolute atomic E-state index is 0.0223. The molecular weight excluding hydrogens is 296 g/mol. The predicted octanol–water partition coefficient (Wildman–Crippen LogP) is 1.23. The number of aliphatic hydroxyl groups excluding tert-OH is 1. The van der Waals surface area contributed by atoms with Crippen LogP contribution in [0.5, 0.6) is 0 Å². The molecule has 1 saturated heterocycles. The SMILES string of the molecule is CC(CN1CCCC1)C(=O)NCc1cccc(CO)c1.O=CO. The zero-order chi connectivity index (χ0) is 17.1. The summed E-state index contributed by atoms with van der Waals surface area (Å²) in [6.07, 6.45) is 2.50. The molecule has 0 radical (unpaired) electrons. The number of hydrogen-bond donors (Lipinski definition) is 3. The van der Waals surface area contributed by atoms with Crippen molar-refractivity contribution in [3.05, 3.63) is 35.4 Å². The minimum atomic E-state index is -0.250. The van der Waals surface area contributed by atoms with Crippen molar-refractivity contribution < 1.29 is 19.8 Å². The molecule has 6 nitrogen and oxygen atoms in total. The van der Waals surface area contributed by atoms with Gasteiger partial charge in [-0.2, -0.15) is 0 Å². The van der Waals surface area contributed by atoms with Gasteiger partial charge in [0.15, 0.2) is 0 Å². The number of carbonyl (C=O) groups is 2. The fourth-order valence-electron chi connectivity index (χ4n) is 2.64. The van der Waals surface area contributed by atoms with Gasteiger partial charge in [-0.05, 0) is 37.1 Å². The molecule has 128 valence electrons. The highest BCUT2D eigenvalue weighted by Gasteiger charge is 2.19. The highest BCUT2D eigenvalue weighted by atomic mass is 16.3. The van der Waals surface area contributed by atoms with Crippen LogP contribution in [0.1, 0.15) is 30.9 Å². The van der Waals surface area contributed by atoms with E-state index in [1.54, 1.807) is 0 Å². The Morgan fingerprint density at radius 3 is 2.57 bits per heavy atom. The third-order valence-corrected chi connectivity index (χ3v) is 3.82. The zero-order valence-electron chi connectivity index (χ0n) is 13.6. The molecule has 6 heteroatoms. The van der Waals surface area contributed by atoms with Crippen molar-refractivity contribution in [1.82, 2.24) is 10.2 Å². The molecule has 3 N–H and O–H groups in total. The molecule has 1 aromatic rings. The van der Waals surface area contributed by atoms with Gasteiger partial charge in [-0.3, -0.25) is 9.59 Å². The van der Waals surface area contributed by atoms with Gasteiger partial charge in [0.2, 0.25) is 5.91 Å². The molecule has 1 atom stereocenters. The Morgan fingerprint density at radius 1 is 1.35 bits per heavy atom. The van der Waals surface area contributed by atoms with Crippen LogP contribution in [0, 0.1) is 5.92 Å². The van der Waals surface area contributed by atoms with Crippen LogP contribution in [0.15, 0.2) is 24.3 Å². The number of likely N-dealkylation sites (tertiary alicyclic amines) is 1. The van der Waals surface area contributed by atoms with E-state index in [4.69, 9.17) is 15.0 Å². The van der Waals surface area contributed by atoms with E-state index in [1.807, 2.05) is 31.2 Å². The Hall–Kier alpha value is -1.92. The van der Waals surface area contributed by atoms with E-state index in [-0.39, 0.29) is 24.9 Å². The molecular formula is C17H26N2O4. The van der Waals surface area contributed by atoms with Crippen LogP contribution in [0.25, 0.3) is 0 Å². The number of nitrogens with one attached hydrogen (secondary N) is 1. The maximum Gasteiger partial charge on any atom is 0.290 e. The molecule has 0 aromatic heterocycles. The molecule has 1 amide bonds. The van der Waals surface area contributed by atoms with Crippen molar-refractivity contribution in [3.8, 4) is 0 Å². The van der Waals surface area contributed by atoms with Crippen LogP contribution < -0.4 is 5.32 Å². The second kappa shape index (κ2) is 10.7. The highest BCUT2D eigenvalue weighted by Crippen LogP contribution is 2.11. The molecule has 1 fully saturated rings. The van der Waals surface area contributed by atoms with Gasteiger partial charge >= 0.3 is 0 Å². The lowest BCUT2D eigenvalue weighted by Crippen LogP contribution is -2.36. The van der Waals surface area contributed by atoms with Gasteiger partial charge in [-0.1, -0.05) is 31.2 Å². The maximum absolute atomic E-state index is 12.1. The van der Waals surface area contributed by atoms with E-state index >= 15 is 0 Å². The van der Waals surface area contributed by atoms with Gasteiger partial charge < -0.3 is 20.4 Å². The van der Waals surface area contributed by atoms with E-state index in [0.29, 0.717) is 6.54 Å². The highest BCUT2D eigenvalue weighted by molar-refractivity contribution is 5.78. The van der Waals surface area contributed by atoms with Crippen molar-refractivity contribution in [2.24, 2.45) is 5.92 Å². The number of amides is 1. The van der Waals surface area contributed by atoms with Crippen LogP contribution in [0.3, 0.4) is 0 Å². The number of rotatable bonds is 6. The fourth-order valence-corrected chi connectivity index (χ4v) is 2.64. The van der Waals surface area contributed by atoms with E-state index in [0.717, 1.165) is 30.8 Å². The Bertz CT molecular complexity index is 487. The van der Waals surface area contributed by atoms with Crippen molar-refractivity contribution in [3.63, 3.8) is 0 Å². The van der Waals surface area contributed by atoms with Crippen LogP contribution >= 0.6 is 0 Å². The first-order chi connectivity index (χ1) is 11.1. The lowest BCUT2D eigenvalue weighted by Gasteiger charge is -2.19. The third-order valence-electron chi connectivity index (χ3n) is 3.82. The molecule has 1 unspecified atom stereocenters. The predicted molar refractivity (Wildman–Crippen MR) is 87.7 cm³/mol. The van der Waals surface area contributed by atoms with Crippen molar-refractivity contribution in [1.29, 1.82) is 0 Å². The Labute approximate surface area is 137 Å². The summed E-state index contributed by atoms with van der Waals surface area (Å²) in [5, 5.41) is 19.0. The van der Waals surface area contributed by atoms with Gasteiger partial charge in [-0.25, -0.2) is 0 Å². The summed E-state index contributed by atoms with van der Waals surface area (Å²) in [7, 11) is 0. The Balaban J connectivity index is 0.000000816. The molecule has 23 heavy (non-hydrogen) atoms. The molecule has 0 aliphatic carbocycles. The minimum Gasteiger partial charge on any atom is -0.483 e. The average molecular weight is 322 g/mol. The second-order valence-electron chi connectivity index (χ2n) is 5.71. The number of nitrogens with zero attached hydrogens (tertiary/aromatic N) is 1. The summed E-state index contributed by atoms with van der Waals surface area (Å²) in [6, 6.07) is 7.66. The molecule has 1 aromatic carbocycles. The molecule has 1 heterocycles. The summed E-state index contributed by atoms with van der Waals surface area (Å²) in [6.45, 7) is 5.39. The summed E-state index contributed by atoms with van der Waals surface area (Å²) in [5.74, 6) is 0.125. The molecule has 0 saturated carbocycles. The van der Waals surface area contributed by atoms with Crippen LogP contribution in [0.2, 0.25) is 0 Å². The average Bonchev–Trinajstić information content (AvgIpc) is 3.06. The number of carboxylic acid groups (broad SMARTS) is 1. The Kier molecular flexibility index (Phi) is 8.94. The van der Waals surface area contributed by atoms with Crippen molar-refractivity contribution >= 4 is 12.4 Å². The normalized spacial score (nSPS) is 15.4. The molecule has 0 spiro atoms. The first kappa shape index (κ1) is 19.1. The van der Waals surface area contributed by atoms with E-state index in [1.165, 1.54) is 12.8 Å². The fraction of sp³-hybridized carbons (Fsp3) is 0.529. The number of aliphatic hydroxyl groups is 1. The summed E-state index contributed by atoms with van der Waals surface area (Å²) < 4.78 is 0. The first-order valence-electron chi connectivity index (χ1n) is 7.87. The van der Waals surface area contributed by atoms with Gasteiger partial charge in [0.1, 0.15) is 0 Å². The van der Waals surface area contributed by atoms with Crippen LogP contribution in [0.4, 0.5) is 0 Å². The summed E-state index contributed by atoms with van der Waals surface area (Å²) in [4.78, 5) is 22.8. The monoisotopic (exact) mass is 322 g/mol. The molecule has 1 aliphatic heterocycles. The standard InChI is InChI=1S/C16H24N2O2.CH2O2/c1-13(11-18-7-2-3-8-18)16(20)17-10-14-5-4-6-15(9-14)12-19;2-1-3/h4-6,9,13,19H,2-3,7-8,10-12H2,1H3,(H,17,20);1H,(H,2,3). The van der Waals surface area contributed by atoms with E-state index in [9.17, 15) is 4.79 Å². The van der Waals surface area contributed by atoms with Gasteiger partial charge in [-0.15, -0.1) is 0 Å². The lowest BCUT2D eigenvalue weighted by molar-refractivity contribution is -0.125. The van der Waals surface area contributed by atoms with Crippen molar-refractivity contribution in [2.45, 2.75) is 32.9 Å². The molecule has 0 bridgehead atoms. The van der Waals surface area contributed by atoms with Gasteiger partial charge in [0.05, 0.1) is 6.61 Å². The van der Waals surface area contributed by atoms with Gasteiger partial charge in [0, 0.05) is 19.0 Å². The number of benzene rings is 1. The lowest BCUT2D eigenvalue weighted by atomic mass is 10.1. The summed E-state index contributed by atoms with van der Waals surface area (Å²) in [5.41, 5.74) is 1.90. The third kappa shape index (κ3) is 7.25. The van der Waals surface area contributed by atoms with Crippen molar-refractivity contribution in [2.75, 3.05) is 19.6 Å². The number of carbonyl (C=O) groups excluding carboxylic acids is 1. The van der Waals surface area contributed by atoms with E-state index < -0.39 is 0 Å². The largest absolute Gasteiger partial charge is 0.483 e. The van der Waals surface area contributed by atoms with Gasteiger partial charge in [0.25, 0.3) is 6.47 Å². The topological polar surface area (TPSA) is 89.9 Å². The maximum atomic E-state index is 12.1. The quantitative estimate of drug-likeness (QED) is 0.685. The first-order valence-corrected chi connectivity index (χ1v) is 7.87. The Morgan fingerprint density at radius 2 is 1.96 bits per heavy atom. The van der Waals surface area contributed by atoms with Crippen LogP contribution in [-0.4, -0.2) is 47.1 Å². The number of hydrogen-bond acceptors (Lipinski definition) is 4. The zero-order valence-corrected chi connectivity index (χ0v) is 13.6. The second-order valence-corrected chi connectivity index (χ2v) is 5.71.